The van der Waals surface area contributed by atoms with Gasteiger partial charge in [-0.2, -0.15) is 5.10 Å². The highest BCUT2D eigenvalue weighted by atomic mass is 32.1. The third-order valence-electron chi connectivity index (χ3n) is 4.58. The number of carbonyl (C=O) groups excluding carboxylic acids is 2. The van der Waals surface area contributed by atoms with Crippen molar-refractivity contribution in [2.45, 2.75) is 26.3 Å². The van der Waals surface area contributed by atoms with Gasteiger partial charge in [0.05, 0.1) is 23.8 Å². The summed E-state index contributed by atoms with van der Waals surface area (Å²) in [6.07, 6.45) is 2.96. The van der Waals surface area contributed by atoms with Crippen LogP contribution in [0.1, 0.15) is 22.0 Å². The lowest BCUT2D eigenvalue weighted by Crippen LogP contribution is -2.36. The van der Waals surface area contributed by atoms with Crippen LogP contribution in [0, 0.1) is 6.92 Å². The molecule has 2 amide bonds. The molecule has 0 radical (unpaired) electrons. The molecule has 4 rings (SSSR count). The van der Waals surface area contributed by atoms with Crippen LogP contribution >= 0.6 is 11.3 Å². The number of nitrogens with one attached hydrogen (secondary N) is 3. The van der Waals surface area contributed by atoms with Crippen molar-refractivity contribution in [3.05, 3.63) is 64.2 Å². The summed E-state index contributed by atoms with van der Waals surface area (Å²) in [5.41, 5.74) is 1.91. The molecule has 0 unspecified atom stereocenters. The zero-order valence-corrected chi connectivity index (χ0v) is 17.3. The Balaban J connectivity index is 1.24. The molecule has 0 aliphatic heterocycles. The van der Waals surface area contributed by atoms with Gasteiger partial charge in [0, 0.05) is 28.8 Å². The molecule has 30 heavy (non-hydrogen) atoms. The third kappa shape index (κ3) is 4.74. The van der Waals surface area contributed by atoms with Gasteiger partial charge in [-0.3, -0.25) is 9.59 Å². The summed E-state index contributed by atoms with van der Waals surface area (Å²) in [6, 6.07) is 13.6. The summed E-state index contributed by atoms with van der Waals surface area (Å²) >= 11 is 1.67. The van der Waals surface area contributed by atoms with Crippen molar-refractivity contribution in [2.24, 2.45) is 0 Å². The number of anilines is 1. The Hall–Kier alpha value is -3.46. The molecule has 3 aromatic heterocycles. The third-order valence-corrected chi connectivity index (χ3v) is 5.57. The summed E-state index contributed by atoms with van der Waals surface area (Å²) in [6.45, 7) is 2.97. The van der Waals surface area contributed by atoms with E-state index in [1.165, 1.54) is 4.88 Å². The smallest absolute Gasteiger partial charge is 0.314 e. The SMILES string of the molecule is Cc1ccc(Cn2nccc2NC(=O)C(=O)NCCCc2nc3ccccc3[nH]2)s1. The lowest BCUT2D eigenvalue weighted by atomic mass is 10.3. The number of para-hydroxylation sites is 2. The molecule has 4 aromatic rings. The predicted octanol–water partition coefficient (Wildman–Crippen LogP) is 2.87. The molecule has 0 saturated carbocycles. The topological polar surface area (TPSA) is 105 Å². The van der Waals surface area contributed by atoms with Crippen molar-refractivity contribution in [2.75, 3.05) is 11.9 Å². The van der Waals surface area contributed by atoms with Crippen LogP contribution in [0.2, 0.25) is 0 Å². The lowest BCUT2D eigenvalue weighted by Gasteiger charge is -2.08. The monoisotopic (exact) mass is 422 g/mol. The molecule has 0 saturated heterocycles. The molecular weight excluding hydrogens is 400 g/mol. The number of thiophene rings is 1. The fraction of sp³-hybridized carbons (Fsp3) is 0.238. The van der Waals surface area contributed by atoms with E-state index in [0.717, 1.165) is 21.7 Å². The average Bonchev–Trinajstić information content (AvgIpc) is 3.45. The van der Waals surface area contributed by atoms with Gasteiger partial charge in [-0.05, 0) is 37.6 Å². The van der Waals surface area contributed by atoms with E-state index in [-0.39, 0.29) is 0 Å². The van der Waals surface area contributed by atoms with Gasteiger partial charge < -0.3 is 15.6 Å². The Kier molecular flexibility index (Phi) is 5.89. The van der Waals surface area contributed by atoms with Gasteiger partial charge in [-0.1, -0.05) is 12.1 Å². The van der Waals surface area contributed by atoms with E-state index in [4.69, 9.17) is 0 Å². The highest BCUT2D eigenvalue weighted by molar-refractivity contribution is 7.11. The second-order valence-corrected chi connectivity index (χ2v) is 8.27. The first-order valence-corrected chi connectivity index (χ1v) is 10.5. The molecule has 0 bridgehead atoms. The van der Waals surface area contributed by atoms with E-state index < -0.39 is 11.8 Å². The largest absolute Gasteiger partial charge is 0.348 e. The Bertz CT molecular complexity index is 1140. The number of nitrogens with zero attached hydrogens (tertiary/aromatic N) is 3. The molecule has 0 fully saturated rings. The molecule has 0 aliphatic rings. The zero-order valence-electron chi connectivity index (χ0n) is 16.5. The Labute approximate surface area is 177 Å². The molecule has 0 spiro atoms. The number of aromatic nitrogens is 4. The van der Waals surface area contributed by atoms with E-state index >= 15 is 0 Å². The first-order valence-electron chi connectivity index (χ1n) is 9.68. The second-order valence-electron chi connectivity index (χ2n) is 6.90. The number of amides is 2. The van der Waals surface area contributed by atoms with E-state index in [0.29, 0.717) is 31.7 Å². The molecule has 154 valence electrons. The van der Waals surface area contributed by atoms with E-state index in [1.807, 2.05) is 43.3 Å². The molecular formula is C21H22N6O2S. The number of hydrogen-bond donors (Lipinski definition) is 3. The quantitative estimate of drug-likeness (QED) is 0.315. The summed E-state index contributed by atoms with van der Waals surface area (Å²) in [7, 11) is 0. The number of rotatable bonds is 7. The first kappa shape index (κ1) is 19.8. The van der Waals surface area contributed by atoms with Crippen molar-refractivity contribution in [1.29, 1.82) is 0 Å². The number of aromatic amines is 1. The van der Waals surface area contributed by atoms with Gasteiger partial charge >= 0.3 is 11.8 Å². The summed E-state index contributed by atoms with van der Waals surface area (Å²) in [4.78, 5) is 34.4. The van der Waals surface area contributed by atoms with Crippen LogP contribution in [-0.4, -0.2) is 38.1 Å². The van der Waals surface area contributed by atoms with Crippen LogP contribution in [0.15, 0.2) is 48.7 Å². The van der Waals surface area contributed by atoms with Gasteiger partial charge in [0.2, 0.25) is 0 Å². The fourth-order valence-electron chi connectivity index (χ4n) is 3.12. The Morgan fingerprint density at radius 2 is 2.00 bits per heavy atom. The normalized spacial score (nSPS) is 11.0. The zero-order chi connectivity index (χ0) is 20.9. The number of hydrogen-bond acceptors (Lipinski definition) is 5. The number of H-pyrrole nitrogens is 1. The van der Waals surface area contributed by atoms with Gasteiger partial charge in [0.15, 0.2) is 0 Å². The van der Waals surface area contributed by atoms with Crippen molar-refractivity contribution >= 4 is 40.0 Å². The maximum Gasteiger partial charge on any atom is 0.314 e. The highest BCUT2D eigenvalue weighted by Gasteiger charge is 2.16. The molecule has 1 aromatic carbocycles. The first-order chi connectivity index (χ1) is 14.6. The lowest BCUT2D eigenvalue weighted by molar-refractivity contribution is -0.136. The number of aryl methyl sites for hydroxylation is 2. The van der Waals surface area contributed by atoms with E-state index in [2.05, 4.69) is 25.7 Å². The molecule has 9 heteroatoms. The Morgan fingerprint density at radius 3 is 2.80 bits per heavy atom. The minimum atomic E-state index is -0.706. The average molecular weight is 423 g/mol. The minimum absolute atomic E-state index is 0.386. The van der Waals surface area contributed by atoms with E-state index in [1.54, 1.807) is 28.3 Å². The molecule has 3 heterocycles. The van der Waals surface area contributed by atoms with Crippen LogP contribution in [0.5, 0.6) is 0 Å². The van der Waals surface area contributed by atoms with Gasteiger partial charge in [-0.25, -0.2) is 9.67 Å². The van der Waals surface area contributed by atoms with E-state index in [9.17, 15) is 9.59 Å². The van der Waals surface area contributed by atoms with Crippen molar-refractivity contribution in [1.82, 2.24) is 25.1 Å². The number of imidazole rings is 1. The van der Waals surface area contributed by atoms with Gasteiger partial charge in [-0.15, -0.1) is 11.3 Å². The van der Waals surface area contributed by atoms with Crippen molar-refractivity contribution in [3.63, 3.8) is 0 Å². The number of benzene rings is 1. The maximum atomic E-state index is 12.2. The highest BCUT2D eigenvalue weighted by Crippen LogP contribution is 2.18. The van der Waals surface area contributed by atoms with Crippen molar-refractivity contribution < 1.29 is 9.59 Å². The predicted molar refractivity (Wildman–Crippen MR) is 116 cm³/mol. The summed E-state index contributed by atoms with van der Waals surface area (Å²) in [5, 5.41) is 9.51. The standard InChI is InChI=1S/C21H22N6O2S/c1-14-8-9-15(30-14)13-27-19(10-12-23-27)26-21(29)20(28)22-11-4-7-18-24-16-5-2-3-6-17(16)25-18/h2-3,5-6,8-10,12H,4,7,11,13H2,1H3,(H,22,28)(H,24,25)(H,26,29). The van der Waals surface area contributed by atoms with Crippen LogP contribution < -0.4 is 10.6 Å². The van der Waals surface area contributed by atoms with Crippen LogP contribution in [-0.2, 0) is 22.6 Å². The molecule has 0 aliphatic carbocycles. The van der Waals surface area contributed by atoms with Crippen molar-refractivity contribution in [3.8, 4) is 0 Å². The molecule has 8 nitrogen and oxygen atoms in total. The Morgan fingerprint density at radius 1 is 1.13 bits per heavy atom. The maximum absolute atomic E-state index is 12.2. The van der Waals surface area contributed by atoms with Crippen LogP contribution in [0.4, 0.5) is 5.82 Å². The summed E-state index contributed by atoms with van der Waals surface area (Å²) in [5.74, 6) is -0.0201. The van der Waals surface area contributed by atoms with Crippen LogP contribution in [0.25, 0.3) is 11.0 Å². The number of fused-ring (bicyclic) bond motifs is 1. The summed E-state index contributed by atoms with van der Waals surface area (Å²) < 4.78 is 1.66. The fourth-order valence-corrected chi connectivity index (χ4v) is 3.99. The molecule has 0 atom stereocenters. The van der Waals surface area contributed by atoms with Gasteiger partial charge in [0.1, 0.15) is 11.6 Å². The minimum Gasteiger partial charge on any atom is -0.348 e. The number of carbonyl (C=O) groups is 2. The van der Waals surface area contributed by atoms with Gasteiger partial charge in [0.25, 0.3) is 0 Å². The van der Waals surface area contributed by atoms with Crippen LogP contribution in [0.3, 0.4) is 0 Å². The second kappa shape index (κ2) is 8.91. The molecule has 3 N–H and O–H groups in total.